The van der Waals surface area contributed by atoms with E-state index >= 15 is 0 Å². The Hall–Kier alpha value is -0.900. The van der Waals surface area contributed by atoms with Crippen LogP contribution in [0.2, 0.25) is 0 Å². The standard InChI is InChI=1S/C10H8O3.Na/c1-7(10(12)13)9(11)8-5-3-2-4-6-8;/h2-6H,1H2,(H,12,13);/q;+1/p-1. The number of rotatable bonds is 3. The van der Waals surface area contributed by atoms with Crippen LogP contribution in [0.1, 0.15) is 10.4 Å². The van der Waals surface area contributed by atoms with Crippen LogP contribution in [0.15, 0.2) is 42.5 Å². The summed E-state index contributed by atoms with van der Waals surface area (Å²) in [7, 11) is 0. The molecule has 4 heteroatoms. The Morgan fingerprint density at radius 3 is 2.07 bits per heavy atom. The molecule has 0 amide bonds. The number of Topliss-reactive ketones (excluding diaryl/α,β-unsaturated/α-hetero) is 1. The molecule has 0 aliphatic rings. The number of ketones is 1. The van der Waals surface area contributed by atoms with Crippen LogP contribution in [-0.4, -0.2) is 11.8 Å². The van der Waals surface area contributed by atoms with Crippen molar-refractivity contribution in [2.75, 3.05) is 0 Å². The van der Waals surface area contributed by atoms with E-state index in [2.05, 4.69) is 6.58 Å². The van der Waals surface area contributed by atoms with Crippen molar-refractivity contribution in [1.29, 1.82) is 0 Å². The number of carboxylic acids is 1. The number of carboxylic acid groups (broad SMARTS) is 1. The normalized spacial score (nSPS) is 8.57. The second-order valence-corrected chi connectivity index (χ2v) is 2.46. The van der Waals surface area contributed by atoms with Gasteiger partial charge in [-0.3, -0.25) is 4.79 Å². The Labute approximate surface area is 104 Å². The van der Waals surface area contributed by atoms with Crippen LogP contribution in [-0.2, 0) is 4.79 Å². The summed E-state index contributed by atoms with van der Waals surface area (Å²) in [6.07, 6.45) is 0. The van der Waals surface area contributed by atoms with Gasteiger partial charge in [0.05, 0.1) is 5.97 Å². The van der Waals surface area contributed by atoms with Crippen LogP contribution in [0, 0.1) is 0 Å². The Morgan fingerprint density at radius 2 is 1.64 bits per heavy atom. The molecule has 0 aliphatic heterocycles. The number of carbonyl (C=O) groups is 2. The Bertz CT molecular complexity index is 357. The van der Waals surface area contributed by atoms with Gasteiger partial charge in [0, 0.05) is 11.1 Å². The van der Waals surface area contributed by atoms with Gasteiger partial charge < -0.3 is 9.90 Å². The molecule has 1 aromatic carbocycles. The smallest absolute Gasteiger partial charge is 0.545 e. The van der Waals surface area contributed by atoms with Gasteiger partial charge in [-0.25, -0.2) is 0 Å². The number of hydrogen-bond acceptors (Lipinski definition) is 3. The molecule has 0 aliphatic carbocycles. The zero-order chi connectivity index (χ0) is 9.84. The van der Waals surface area contributed by atoms with Crippen LogP contribution in [0.4, 0.5) is 0 Å². The van der Waals surface area contributed by atoms with Crippen molar-refractivity contribution >= 4 is 11.8 Å². The summed E-state index contributed by atoms with van der Waals surface area (Å²) in [5.41, 5.74) is -0.220. The van der Waals surface area contributed by atoms with E-state index in [1.807, 2.05) is 0 Å². The zero-order valence-electron chi connectivity index (χ0n) is 7.82. The molecule has 1 aromatic rings. The zero-order valence-corrected chi connectivity index (χ0v) is 9.82. The van der Waals surface area contributed by atoms with Gasteiger partial charge in [-0.15, -0.1) is 0 Å². The van der Waals surface area contributed by atoms with E-state index in [1.54, 1.807) is 18.2 Å². The summed E-state index contributed by atoms with van der Waals surface area (Å²) < 4.78 is 0. The third-order valence-electron chi connectivity index (χ3n) is 1.56. The summed E-state index contributed by atoms with van der Waals surface area (Å²) in [5, 5.41) is 10.3. The molecule has 66 valence electrons. The maximum atomic E-state index is 11.3. The molecule has 1 rings (SSSR count). The van der Waals surface area contributed by atoms with E-state index in [1.165, 1.54) is 12.1 Å². The molecule has 3 nitrogen and oxygen atoms in total. The summed E-state index contributed by atoms with van der Waals surface area (Å²) in [5.74, 6) is -2.14. The molecular formula is C10H7NaO3. The van der Waals surface area contributed by atoms with Crippen LogP contribution in [0.5, 0.6) is 0 Å². The Balaban J connectivity index is 0.00000169. The molecule has 0 aromatic heterocycles. The van der Waals surface area contributed by atoms with Gasteiger partial charge in [0.2, 0.25) is 0 Å². The Kier molecular flexibility index (Phi) is 5.38. The van der Waals surface area contributed by atoms with Crippen molar-refractivity contribution in [3.05, 3.63) is 48.0 Å². The second kappa shape index (κ2) is 5.75. The van der Waals surface area contributed by atoms with E-state index in [0.717, 1.165) is 0 Å². The third kappa shape index (κ3) is 3.10. The minimum absolute atomic E-state index is 0. The molecule has 0 N–H and O–H groups in total. The number of carbonyl (C=O) groups excluding carboxylic acids is 2. The van der Waals surface area contributed by atoms with Crippen LogP contribution in [0.3, 0.4) is 0 Å². The topological polar surface area (TPSA) is 57.2 Å². The molecule has 0 fully saturated rings. The monoisotopic (exact) mass is 198 g/mol. The molecule has 0 saturated carbocycles. The van der Waals surface area contributed by atoms with Gasteiger partial charge in [-0.05, 0) is 0 Å². The predicted molar refractivity (Wildman–Crippen MR) is 44.9 cm³/mol. The summed E-state index contributed by atoms with van der Waals surface area (Å²) in [6, 6.07) is 8.08. The first-order chi connectivity index (χ1) is 6.13. The summed E-state index contributed by atoms with van der Waals surface area (Å²) in [4.78, 5) is 21.5. The van der Waals surface area contributed by atoms with Gasteiger partial charge >= 0.3 is 29.6 Å². The van der Waals surface area contributed by atoms with E-state index in [4.69, 9.17) is 0 Å². The summed E-state index contributed by atoms with van der Waals surface area (Å²) >= 11 is 0. The van der Waals surface area contributed by atoms with Crippen molar-refractivity contribution < 1.29 is 44.3 Å². The molecule has 0 radical (unpaired) electrons. The average molecular weight is 198 g/mol. The van der Waals surface area contributed by atoms with Crippen LogP contribution < -0.4 is 34.7 Å². The molecule has 0 saturated heterocycles. The molecule has 0 spiro atoms. The van der Waals surface area contributed by atoms with Gasteiger partial charge in [-0.1, -0.05) is 36.9 Å². The number of aliphatic carboxylic acids is 1. The quantitative estimate of drug-likeness (QED) is 0.173. The largest absolute Gasteiger partial charge is 1.00 e. The molecule has 0 atom stereocenters. The fourth-order valence-corrected chi connectivity index (χ4v) is 0.856. The van der Waals surface area contributed by atoms with Crippen molar-refractivity contribution in [3.63, 3.8) is 0 Å². The number of benzene rings is 1. The molecule has 0 bridgehead atoms. The molecule has 14 heavy (non-hydrogen) atoms. The summed E-state index contributed by atoms with van der Waals surface area (Å²) in [6.45, 7) is 3.12. The third-order valence-corrected chi connectivity index (χ3v) is 1.56. The average Bonchev–Trinajstić information content (AvgIpc) is 2.17. The van der Waals surface area contributed by atoms with Crippen molar-refractivity contribution in [1.82, 2.24) is 0 Å². The van der Waals surface area contributed by atoms with Crippen molar-refractivity contribution in [2.45, 2.75) is 0 Å². The minimum atomic E-state index is -1.53. The van der Waals surface area contributed by atoms with Gasteiger partial charge in [-0.2, -0.15) is 0 Å². The van der Waals surface area contributed by atoms with Crippen LogP contribution >= 0.6 is 0 Å². The van der Waals surface area contributed by atoms with E-state index < -0.39 is 17.3 Å². The van der Waals surface area contributed by atoms with E-state index in [-0.39, 0.29) is 29.6 Å². The van der Waals surface area contributed by atoms with Gasteiger partial charge in [0.15, 0.2) is 5.78 Å². The predicted octanol–water partition coefficient (Wildman–Crippen LogP) is -2.82. The minimum Gasteiger partial charge on any atom is -0.545 e. The first-order valence-corrected chi connectivity index (χ1v) is 3.63. The second-order valence-electron chi connectivity index (χ2n) is 2.46. The maximum absolute atomic E-state index is 11.3. The fourth-order valence-electron chi connectivity index (χ4n) is 0.856. The first-order valence-electron chi connectivity index (χ1n) is 3.63. The van der Waals surface area contributed by atoms with Crippen LogP contribution in [0.25, 0.3) is 0 Å². The SMILES string of the molecule is C=C(C(=O)[O-])C(=O)c1ccccc1.[Na+]. The molecule has 0 unspecified atom stereocenters. The Morgan fingerprint density at radius 1 is 1.14 bits per heavy atom. The van der Waals surface area contributed by atoms with Gasteiger partial charge in [0.25, 0.3) is 0 Å². The van der Waals surface area contributed by atoms with E-state index in [0.29, 0.717) is 5.56 Å². The molecular weight excluding hydrogens is 191 g/mol. The van der Waals surface area contributed by atoms with Crippen molar-refractivity contribution in [3.8, 4) is 0 Å². The molecule has 0 heterocycles. The van der Waals surface area contributed by atoms with E-state index in [9.17, 15) is 14.7 Å². The van der Waals surface area contributed by atoms with Gasteiger partial charge in [0.1, 0.15) is 0 Å². The number of hydrogen-bond donors (Lipinski definition) is 0. The van der Waals surface area contributed by atoms with Crippen molar-refractivity contribution in [2.24, 2.45) is 0 Å². The fraction of sp³-hybridized carbons (Fsp3) is 0. The first kappa shape index (κ1) is 13.1. The maximum Gasteiger partial charge on any atom is 1.00 e.